The Bertz CT molecular complexity index is 902. The molecule has 0 saturated carbocycles. The normalized spacial score (nSPS) is 15.3. The molecule has 0 aliphatic heterocycles. The zero-order chi connectivity index (χ0) is 19.8. The maximum atomic E-state index is 12.9. The van der Waals surface area contributed by atoms with Crippen LogP contribution in [0.3, 0.4) is 0 Å². The number of nitrogens with two attached hydrogens (primary N) is 1. The summed E-state index contributed by atoms with van der Waals surface area (Å²) in [7, 11) is 0. The smallest absolute Gasteiger partial charge is 0.337 e. The predicted octanol–water partition coefficient (Wildman–Crippen LogP) is 3.49. The lowest BCUT2D eigenvalue weighted by Crippen LogP contribution is -2.24. The van der Waals surface area contributed by atoms with Gasteiger partial charge in [0.1, 0.15) is 4.88 Å². The van der Waals surface area contributed by atoms with Gasteiger partial charge < -0.3 is 10.4 Å². The molecule has 0 bridgehead atoms. The number of nitrogens with one attached hydrogen (secondary N) is 2. The van der Waals surface area contributed by atoms with Gasteiger partial charge in [-0.25, -0.2) is 4.79 Å². The van der Waals surface area contributed by atoms with Gasteiger partial charge in [-0.05, 0) is 48.8 Å². The van der Waals surface area contributed by atoms with Crippen LogP contribution in [0.1, 0.15) is 61.9 Å². The molecule has 1 heterocycles. The van der Waals surface area contributed by atoms with E-state index in [4.69, 9.17) is 5.84 Å². The number of hydrogen-bond acceptors (Lipinski definition) is 5. The molecule has 0 unspecified atom stereocenters. The summed E-state index contributed by atoms with van der Waals surface area (Å²) >= 11 is 1.31. The minimum atomic E-state index is -1.04. The molecule has 1 amide bonds. The number of rotatable bonds is 5. The van der Waals surface area contributed by atoms with Gasteiger partial charge in [-0.2, -0.15) is 0 Å². The largest absolute Gasteiger partial charge is 0.478 e. The Morgan fingerprint density at radius 3 is 2.74 bits per heavy atom. The van der Waals surface area contributed by atoms with E-state index in [-0.39, 0.29) is 21.8 Å². The third-order valence-corrected chi connectivity index (χ3v) is 6.29. The highest BCUT2D eigenvalue weighted by Gasteiger charge is 2.34. The fourth-order valence-corrected chi connectivity index (χ4v) is 4.79. The maximum Gasteiger partial charge on any atom is 0.337 e. The maximum absolute atomic E-state index is 12.9. The summed E-state index contributed by atoms with van der Waals surface area (Å²) in [5.41, 5.74) is 6.16. The molecule has 6 nitrogen and oxygen atoms in total. The van der Waals surface area contributed by atoms with Crippen molar-refractivity contribution in [3.8, 4) is 0 Å². The SMILES string of the molecule is Cc1ccc(NC(=O)c2sc3c(c2C(=O)O)CC(C)(C)CC3)c(CNN)c1. The molecule has 0 fully saturated rings. The highest BCUT2D eigenvalue weighted by Crippen LogP contribution is 2.41. The van der Waals surface area contributed by atoms with Gasteiger partial charge in [-0.3, -0.25) is 16.1 Å². The Morgan fingerprint density at radius 2 is 2.07 bits per heavy atom. The van der Waals surface area contributed by atoms with Crippen LogP contribution in [0.4, 0.5) is 5.69 Å². The van der Waals surface area contributed by atoms with Gasteiger partial charge in [0.2, 0.25) is 0 Å². The Balaban J connectivity index is 1.97. The minimum absolute atomic E-state index is 0.0446. The number of benzene rings is 1. The Hall–Kier alpha value is -2.22. The Morgan fingerprint density at radius 1 is 1.33 bits per heavy atom. The first-order valence-corrected chi connectivity index (χ1v) is 9.75. The van der Waals surface area contributed by atoms with Crippen LogP contribution in [0.15, 0.2) is 18.2 Å². The predicted molar refractivity (Wildman–Crippen MR) is 107 cm³/mol. The molecule has 1 aromatic carbocycles. The van der Waals surface area contributed by atoms with Gasteiger partial charge in [0, 0.05) is 17.1 Å². The molecule has 1 aliphatic carbocycles. The number of hydrazine groups is 1. The standard InChI is InChI=1S/C20H25N3O3S/c1-11-4-5-14(12(8-11)10-22-21)23-18(24)17-16(19(25)26)13-9-20(2,3)7-6-15(13)27-17/h4-5,8,22H,6-7,9-10,21H2,1-3H3,(H,23,24)(H,25,26). The van der Waals surface area contributed by atoms with Crippen LogP contribution in [0.5, 0.6) is 0 Å². The second kappa shape index (κ2) is 7.42. The highest BCUT2D eigenvalue weighted by atomic mass is 32.1. The van der Waals surface area contributed by atoms with Gasteiger partial charge in [-0.15, -0.1) is 11.3 Å². The van der Waals surface area contributed by atoms with E-state index in [1.165, 1.54) is 11.3 Å². The van der Waals surface area contributed by atoms with Gasteiger partial charge in [0.05, 0.1) is 5.56 Å². The first-order chi connectivity index (χ1) is 12.7. The van der Waals surface area contributed by atoms with Crippen molar-refractivity contribution >= 4 is 28.9 Å². The number of carbonyl (C=O) groups excluding carboxylic acids is 1. The van der Waals surface area contributed by atoms with Crippen LogP contribution in [-0.2, 0) is 19.4 Å². The van der Waals surface area contributed by atoms with Crippen molar-refractivity contribution in [1.82, 2.24) is 5.43 Å². The van der Waals surface area contributed by atoms with Crippen molar-refractivity contribution in [2.45, 2.75) is 46.6 Å². The lowest BCUT2D eigenvalue weighted by molar-refractivity contribution is 0.0691. The molecule has 0 atom stereocenters. The fraction of sp³-hybridized carbons (Fsp3) is 0.400. The third kappa shape index (κ3) is 4.05. The second-order valence-electron chi connectivity index (χ2n) is 7.85. The van der Waals surface area contributed by atoms with E-state index in [1.807, 2.05) is 25.1 Å². The minimum Gasteiger partial charge on any atom is -0.478 e. The molecule has 3 rings (SSSR count). The van der Waals surface area contributed by atoms with Crippen molar-refractivity contribution in [3.05, 3.63) is 50.2 Å². The molecule has 1 aromatic heterocycles. The molecular formula is C20H25N3O3S. The van der Waals surface area contributed by atoms with E-state index >= 15 is 0 Å². The van der Waals surface area contributed by atoms with Gasteiger partial charge in [0.25, 0.3) is 5.91 Å². The van der Waals surface area contributed by atoms with Crippen molar-refractivity contribution in [3.63, 3.8) is 0 Å². The summed E-state index contributed by atoms with van der Waals surface area (Å²) in [6.07, 6.45) is 2.49. The average molecular weight is 388 g/mol. The first kappa shape index (κ1) is 19.5. The van der Waals surface area contributed by atoms with E-state index in [9.17, 15) is 14.7 Å². The topological polar surface area (TPSA) is 104 Å². The molecule has 5 N–H and O–H groups in total. The number of amides is 1. The van der Waals surface area contributed by atoms with Crippen molar-refractivity contribution in [1.29, 1.82) is 0 Å². The molecule has 0 saturated heterocycles. The molecule has 7 heteroatoms. The molecule has 144 valence electrons. The lowest BCUT2D eigenvalue weighted by atomic mass is 9.76. The zero-order valence-corrected chi connectivity index (χ0v) is 16.6. The first-order valence-electron chi connectivity index (χ1n) is 8.94. The number of carbonyl (C=O) groups is 2. The third-order valence-electron chi connectivity index (χ3n) is 5.00. The van der Waals surface area contributed by atoms with E-state index in [0.717, 1.165) is 34.4 Å². The number of thiophene rings is 1. The summed E-state index contributed by atoms with van der Waals surface area (Å²) in [6.45, 7) is 6.64. The zero-order valence-electron chi connectivity index (χ0n) is 15.8. The Labute approximate surface area is 162 Å². The molecule has 0 spiro atoms. The van der Waals surface area contributed by atoms with Crippen LogP contribution in [0.25, 0.3) is 0 Å². The molecule has 2 aromatic rings. The average Bonchev–Trinajstić information content (AvgIpc) is 2.95. The summed E-state index contributed by atoms with van der Waals surface area (Å²) in [4.78, 5) is 26.2. The summed E-state index contributed by atoms with van der Waals surface area (Å²) in [5.74, 6) is 4.02. The van der Waals surface area contributed by atoms with Crippen LogP contribution < -0.4 is 16.6 Å². The van der Waals surface area contributed by atoms with Gasteiger partial charge in [-0.1, -0.05) is 31.5 Å². The summed E-state index contributed by atoms with van der Waals surface area (Å²) < 4.78 is 0. The van der Waals surface area contributed by atoms with Crippen molar-refractivity contribution in [2.24, 2.45) is 11.3 Å². The van der Waals surface area contributed by atoms with Crippen LogP contribution >= 0.6 is 11.3 Å². The number of hydrogen-bond donors (Lipinski definition) is 4. The van der Waals surface area contributed by atoms with E-state index in [2.05, 4.69) is 24.6 Å². The molecule has 1 aliphatic rings. The molecular weight excluding hydrogens is 362 g/mol. The van der Waals surface area contributed by atoms with Gasteiger partial charge in [0.15, 0.2) is 0 Å². The number of aryl methyl sites for hydroxylation is 2. The fourth-order valence-electron chi connectivity index (χ4n) is 3.59. The number of carboxylic acids is 1. The number of carboxylic acid groups (broad SMARTS) is 1. The molecule has 27 heavy (non-hydrogen) atoms. The Kier molecular flexibility index (Phi) is 5.37. The highest BCUT2D eigenvalue weighted by molar-refractivity contribution is 7.14. The monoisotopic (exact) mass is 387 g/mol. The number of anilines is 1. The van der Waals surface area contributed by atoms with E-state index in [0.29, 0.717) is 18.7 Å². The molecule has 0 radical (unpaired) electrons. The van der Waals surface area contributed by atoms with Gasteiger partial charge >= 0.3 is 5.97 Å². The quantitative estimate of drug-likeness (QED) is 0.464. The second-order valence-corrected chi connectivity index (χ2v) is 8.95. The van der Waals surface area contributed by atoms with Crippen molar-refractivity contribution < 1.29 is 14.7 Å². The summed E-state index contributed by atoms with van der Waals surface area (Å²) in [5, 5.41) is 12.6. The van der Waals surface area contributed by atoms with E-state index < -0.39 is 5.97 Å². The summed E-state index contributed by atoms with van der Waals surface area (Å²) in [6, 6.07) is 5.65. The van der Waals surface area contributed by atoms with E-state index in [1.54, 1.807) is 0 Å². The van der Waals surface area contributed by atoms with Crippen LogP contribution in [0, 0.1) is 12.3 Å². The van der Waals surface area contributed by atoms with Crippen LogP contribution in [0.2, 0.25) is 0 Å². The van der Waals surface area contributed by atoms with Crippen molar-refractivity contribution in [2.75, 3.05) is 5.32 Å². The number of fused-ring (bicyclic) bond motifs is 1. The number of aromatic carboxylic acids is 1. The van der Waals surface area contributed by atoms with Crippen LogP contribution in [-0.4, -0.2) is 17.0 Å². The lowest BCUT2D eigenvalue weighted by Gasteiger charge is -2.29.